The van der Waals surface area contributed by atoms with Gasteiger partial charge in [-0.15, -0.1) is 0 Å². The lowest BCUT2D eigenvalue weighted by Gasteiger charge is -2.15. The topological polar surface area (TPSA) is 57.5 Å². The van der Waals surface area contributed by atoms with Gasteiger partial charge in [0, 0.05) is 5.25 Å². The summed E-state index contributed by atoms with van der Waals surface area (Å²) < 4.78 is 14.0. The summed E-state index contributed by atoms with van der Waals surface area (Å²) in [6.07, 6.45) is 0.867. The quantitative estimate of drug-likeness (QED) is 0.891. The summed E-state index contributed by atoms with van der Waals surface area (Å²) in [5.41, 5.74) is 1.01. The number of hydrogen-bond acceptors (Lipinski definition) is 3. The Balaban J connectivity index is 2.13. The molecule has 1 fully saturated rings. The number of carboxylic acids is 1. The number of benzene rings is 1. The third-order valence-corrected chi connectivity index (χ3v) is 4.92. The third kappa shape index (κ3) is 3.28. The zero-order chi connectivity index (χ0) is 14.0. The summed E-state index contributed by atoms with van der Waals surface area (Å²) in [6.45, 7) is 1.54. The van der Waals surface area contributed by atoms with Gasteiger partial charge in [-0.25, -0.2) is 4.39 Å². The highest BCUT2D eigenvalue weighted by molar-refractivity contribution is 8.00. The second-order valence-corrected chi connectivity index (χ2v) is 6.23. The van der Waals surface area contributed by atoms with Gasteiger partial charge in [0.2, 0.25) is 0 Å². The maximum atomic E-state index is 14.0. The fourth-order valence-corrected chi connectivity index (χ4v) is 3.53. The largest absolute Gasteiger partial charge is 0.481 e. The fraction of sp³-hybridized carbons (Fsp3) is 0.500. The Morgan fingerprint density at radius 1 is 1.58 bits per heavy atom. The molecule has 0 amide bonds. The molecule has 0 radical (unpaired) electrons. The predicted molar refractivity (Wildman–Crippen MR) is 73.0 cm³/mol. The van der Waals surface area contributed by atoms with E-state index < -0.39 is 11.9 Å². The average Bonchev–Trinajstić information content (AvgIpc) is 2.76. The van der Waals surface area contributed by atoms with Gasteiger partial charge < -0.3 is 10.2 Å². The molecule has 0 spiro atoms. The third-order valence-electron chi connectivity index (χ3n) is 3.54. The van der Waals surface area contributed by atoms with Crippen molar-refractivity contribution in [3.63, 3.8) is 0 Å². The summed E-state index contributed by atoms with van der Waals surface area (Å²) in [5, 5.41) is 18.7. The Labute approximate surface area is 115 Å². The monoisotopic (exact) mass is 284 g/mol. The Morgan fingerprint density at radius 3 is 2.84 bits per heavy atom. The number of aliphatic hydroxyl groups excluding tert-OH is 1. The zero-order valence-electron chi connectivity index (χ0n) is 10.7. The number of hydrogen-bond donors (Lipinski definition) is 2. The lowest BCUT2D eigenvalue weighted by molar-refractivity contribution is -0.138. The van der Waals surface area contributed by atoms with Crippen LogP contribution in [0.25, 0.3) is 0 Å². The first-order valence-electron chi connectivity index (χ1n) is 6.30. The van der Waals surface area contributed by atoms with Crippen molar-refractivity contribution in [2.75, 3.05) is 5.75 Å². The van der Waals surface area contributed by atoms with E-state index in [2.05, 4.69) is 0 Å². The van der Waals surface area contributed by atoms with Gasteiger partial charge in [-0.3, -0.25) is 4.79 Å². The molecule has 0 aliphatic carbocycles. The molecule has 0 saturated carbocycles. The minimum absolute atomic E-state index is 0.0391. The summed E-state index contributed by atoms with van der Waals surface area (Å²) in [7, 11) is 0. The smallest absolute Gasteiger partial charge is 0.310 e. The molecule has 19 heavy (non-hydrogen) atoms. The minimum atomic E-state index is -0.964. The van der Waals surface area contributed by atoms with E-state index in [0.717, 1.165) is 12.2 Å². The molecular formula is C14H17FO3S. The maximum Gasteiger partial charge on any atom is 0.310 e. The van der Waals surface area contributed by atoms with Crippen LogP contribution in [0, 0.1) is 5.82 Å². The van der Waals surface area contributed by atoms with Crippen molar-refractivity contribution in [2.45, 2.75) is 37.0 Å². The molecule has 1 aromatic rings. The van der Waals surface area contributed by atoms with E-state index in [1.807, 2.05) is 0 Å². The molecule has 2 N–H and O–H groups in total. The van der Waals surface area contributed by atoms with Gasteiger partial charge >= 0.3 is 5.97 Å². The molecule has 2 rings (SSSR count). The van der Waals surface area contributed by atoms with E-state index in [1.54, 1.807) is 23.9 Å². The lowest BCUT2D eigenvalue weighted by atomic mass is 9.97. The average molecular weight is 284 g/mol. The molecule has 1 aliphatic heterocycles. The summed E-state index contributed by atoms with van der Waals surface area (Å²) in [6, 6.07) is 4.58. The number of thioether (sulfide) groups is 1. The van der Waals surface area contributed by atoms with Gasteiger partial charge in [0.25, 0.3) is 0 Å². The number of aliphatic hydroxyl groups is 1. The zero-order valence-corrected chi connectivity index (χ0v) is 11.5. The van der Waals surface area contributed by atoms with E-state index >= 15 is 0 Å². The summed E-state index contributed by atoms with van der Waals surface area (Å²) >= 11 is 1.66. The second-order valence-electron chi connectivity index (χ2n) is 4.88. The molecule has 0 aromatic heterocycles. The van der Waals surface area contributed by atoms with Crippen LogP contribution in [0.15, 0.2) is 18.2 Å². The maximum absolute atomic E-state index is 14.0. The summed E-state index contributed by atoms with van der Waals surface area (Å²) in [5.74, 6) is -1.16. The van der Waals surface area contributed by atoms with Crippen molar-refractivity contribution in [3.05, 3.63) is 35.1 Å². The Bertz CT molecular complexity index is 478. The van der Waals surface area contributed by atoms with E-state index in [-0.39, 0.29) is 17.2 Å². The number of halogens is 1. The standard InChI is InChI=1S/C14H17FO3S/c1-8(14(17)18)9-2-3-10(11(15)6-9)7-13-12(16)4-5-19-13/h2-3,6,8,12-13,16H,4-5,7H2,1H3,(H,17,18). The van der Waals surface area contributed by atoms with Crippen molar-refractivity contribution >= 4 is 17.7 Å². The van der Waals surface area contributed by atoms with Crippen LogP contribution in [-0.4, -0.2) is 33.3 Å². The van der Waals surface area contributed by atoms with E-state index in [0.29, 0.717) is 17.5 Å². The number of carboxylic acid groups (broad SMARTS) is 1. The van der Waals surface area contributed by atoms with Crippen LogP contribution in [0.5, 0.6) is 0 Å². The van der Waals surface area contributed by atoms with Gasteiger partial charge in [-0.2, -0.15) is 11.8 Å². The molecule has 104 valence electrons. The first kappa shape index (κ1) is 14.3. The van der Waals surface area contributed by atoms with Crippen LogP contribution in [0.1, 0.15) is 30.4 Å². The molecule has 1 saturated heterocycles. The van der Waals surface area contributed by atoms with Crippen LogP contribution >= 0.6 is 11.8 Å². The molecule has 3 nitrogen and oxygen atoms in total. The Morgan fingerprint density at radius 2 is 2.32 bits per heavy atom. The highest BCUT2D eigenvalue weighted by Crippen LogP contribution is 2.30. The number of aliphatic carboxylic acids is 1. The van der Waals surface area contributed by atoms with Crippen molar-refractivity contribution in [1.29, 1.82) is 0 Å². The Kier molecular flexibility index (Phi) is 4.47. The van der Waals surface area contributed by atoms with E-state index in [1.165, 1.54) is 13.0 Å². The number of rotatable bonds is 4. The van der Waals surface area contributed by atoms with Crippen LogP contribution in [0.2, 0.25) is 0 Å². The van der Waals surface area contributed by atoms with Crippen molar-refractivity contribution in [3.8, 4) is 0 Å². The SMILES string of the molecule is CC(C(=O)O)c1ccc(CC2SCCC2O)c(F)c1. The van der Waals surface area contributed by atoms with Gasteiger partial charge in [-0.1, -0.05) is 12.1 Å². The molecular weight excluding hydrogens is 267 g/mol. The molecule has 5 heteroatoms. The van der Waals surface area contributed by atoms with Crippen LogP contribution in [-0.2, 0) is 11.2 Å². The lowest BCUT2D eigenvalue weighted by Crippen LogP contribution is -2.20. The minimum Gasteiger partial charge on any atom is -0.481 e. The van der Waals surface area contributed by atoms with Crippen LogP contribution in [0.3, 0.4) is 0 Å². The first-order chi connectivity index (χ1) is 8.99. The number of carbonyl (C=O) groups is 1. The van der Waals surface area contributed by atoms with Crippen LogP contribution < -0.4 is 0 Å². The van der Waals surface area contributed by atoms with Crippen molar-refractivity contribution in [2.24, 2.45) is 0 Å². The highest BCUT2D eigenvalue weighted by atomic mass is 32.2. The van der Waals surface area contributed by atoms with E-state index in [4.69, 9.17) is 5.11 Å². The first-order valence-corrected chi connectivity index (χ1v) is 7.34. The van der Waals surface area contributed by atoms with Crippen molar-refractivity contribution in [1.82, 2.24) is 0 Å². The summed E-state index contributed by atoms with van der Waals surface area (Å²) in [4.78, 5) is 10.9. The predicted octanol–water partition coefficient (Wildman–Crippen LogP) is 2.42. The highest BCUT2D eigenvalue weighted by Gasteiger charge is 2.27. The molecule has 1 heterocycles. The normalized spacial score (nSPS) is 24.4. The van der Waals surface area contributed by atoms with E-state index in [9.17, 15) is 14.3 Å². The fourth-order valence-electron chi connectivity index (χ4n) is 2.19. The molecule has 3 atom stereocenters. The van der Waals surface area contributed by atoms with Gasteiger partial charge in [0.05, 0.1) is 12.0 Å². The van der Waals surface area contributed by atoms with Crippen LogP contribution in [0.4, 0.5) is 4.39 Å². The molecule has 1 aliphatic rings. The molecule has 0 bridgehead atoms. The molecule has 3 unspecified atom stereocenters. The Hall–Kier alpha value is -1.07. The second kappa shape index (κ2) is 5.92. The van der Waals surface area contributed by atoms with Gasteiger partial charge in [0.15, 0.2) is 0 Å². The van der Waals surface area contributed by atoms with Gasteiger partial charge in [0.1, 0.15) is 5.82 Å². The molecule has 1 aromatic carbocycles. The van der Waals surface area contributed by atoms with Gasteiger partial charge in [-0.05, 0) is 42.7 Å². The van der Waals surface area contributed by atoms with Crippen molar-refractivity contribution < 1.29 is 19.4 Å².